The van der Waals surface area contributed by atoms with Crippen molar-refractivity contribution in [2.45, 2.75) is 13.3 Å². The Balaban J connectivity index is 1.61. The van der Waals surface area contributed by atoms with Gasteiger partial charge in [0.15, 0.2) is 0 Å². The number of carbonyl (C=O) groups excluding carboxylic acids is 2. The average molecular weight is 377 g/mol. The Labute approximate surface area is 162 Å². The first-order chi connectivity index (χ1) is 13.5. The number of carbonyl (C=O) groups is 2. The van der Waals surface area contributed by atoms with E-state index in [9.17, 15) is 14.0 Å². The Morgan fingerprint density at radius 1 is 1.00 bits per heavy atom. The van der Waals surface area contributed by atoms with Crippen molar-refractivity contribution in [1.82, 2.24) is 10.3 Å². The molecule has 0 radical (unpaired) electrons. The molecule has 0 atom stereocenters. The van der Waals surface area contributed by atoms with Crippen LogP contribution < -0.4 is 10.6 Å². The largest absolute Gasteiger partial charge is 0.350 e. The van der Waals surface area contributed by atoms with Gasteiger partial charge in [-0.1, -0.05) is 30.3 Å². The molecule has 1 aromatic heterocycles. The van der Waals surface area contributed by atoms with Crippen molar-refractivity contribution < 1.29 is 14.0 Å². The topological polar surface area (TPSA) is 71.1 Å². The highest BCUT2D eigenvalue weighted by Gasteiger charge is 2.12. The lowest BCUT2D eigenvalue weighted by molar-refractivity contribution is 0.0949. The Kier molecular flexibility index (Phi) is 6.11. The Bertz CT molecular complexity index is 1000. The van der Waals surface area contributed by atoms with Gasteiger partial charge in [0.05, 0.1) is 0 Å². The summed E-state index contributed by atoms with van der Waals surface area (Å²) in [6.45, 7) is 2.20. The van der Waals surface area contributed by atoms with Gasteiger partial charge in [0, 0.05) is 24.0 Å². The molecule has 0 saturated heterocycles. The maximum absolute atomic E-state index is 13.6. The van der Waals surface area contributed by atoms with E-state index in [4.69, 9.17) is 0 Å². The first-order valence-electron chi connectivity index (χ1n) is 8.88. The number of hydrogen-bond acceptors (Lipinski definition) is 3. The molecular formula is C22H20FN3O2. The van der Waals surface area contributed by atoms with Crippen LogP contribution in [0.1, 0.15) is 32.0 Å². The van der Waals surface area contributed by atoms with Gasteiger partial charge in [0.2, 0.25) is 0 Å². The molecule has 2 N–H and O–H groups in total. The van der Waals surface area contributed by atoms with Crippen molar-refractivity contribution in [3.8, 4) is 0 Å². The second-order valence-corrected chi connectivity index (χ2v) is 6.35. The lowest BCUT2D eigenvalue weighted by Gasteiger charge is -2.08. The normalized spacial score (nSPS) is 10.4. The highest BCUT2D eigenvalue weighted by Crippen LogP contribution is 2.12. The third kappa shape index (κ3) is 5.01. The second kappa shape index (κ2) is 8.90. The standard InChI is InChI=1S/C22H20FN3O2/c1-15-5-4-7-18(13-15)26-21(27)17-10-11-24-20(14-17)22(28)25-12-9-16-6-2-3-8-19(16)23/h2-8,10-11,13-14H,9,12H2,1H3,(H,25,28)(H,26,27). The highest BCUT2D eigenvalue weighted by molar-refractivity contribution is 6.05. The number of halogens is 1. The molecule has 0 fully saturated rings. The van der Waals surface area contributed by atoms with E-state index in [0.29, 0.717) is 23.2 Å². The van der Waals surface area contributed by atoms with E-state index in [0.717, 1.165) is 5.56 Å². The van der Waals surface area contributed by atoms with Crippen molar-refractivity contribution in [2.24, 2.45) is 0 Å². The average Bonchev–Trinajstić information content (AvgIpc) is 2.69. The predicted molar refractivity (Wildman–Crippen MR) is 106 cm³/mol. The van der Waals surface area contributed by atoms with E-state index in [2.05, 4.69) is 15.6 Å². The molecule has 0 aliphatic rings. The smallest absolute Gasteiger partial charge is 0.269 e. The van der Waals surface area contributed by atoms with Crippen LogP contribution >= 0.6 is 0 Å². The third-order valence-electron chi connectivity index (χ3n) is 4.17. The number of nitrogens with one attached hydrogen (secondary N) is 2. The van der Waals surface area contributed by atoms with Crippen molar-refractivity contribution in [3.05, 3.63) is 95.1 Å². The summed E-state index contributed by atoms with van der Waals surface area (Å²) >= 11 is 0. The number of amides is 2. The molecule has 5 nitrogen and oxygen atoms in total. The van der Waals surface area contributed by atoms with Crippen LogP contribution in [0.3, 0.4) is 0 Å². The maximum atomic E-state index is 13.6. The van der Waals surface area contributed by atoms with Crippen molar-refractivity contribution >= 4 is 17.5 Å². The fourth-order valence-electron chi connectivity index (χ4n) is 2.72. The zero-order valence-corrected chi connectivity index (χ0v) is 15.4. The van der Waals surface area contributed by atoms with Crippen LogP contribution in [0, 0.1) is 12.7 Å². The summed E-state index contributed by atoms with van der Waals surface area (Å²) in [6, 6.07) is 16.8. The molecule has 0 aliphatic carbocycles. The monoisotopic (exact) mass is 377 g/mol. The molecule has 2 aromatic carbocycles. The van der Waals surface area contributed by atoms with Crippen molar-refractivity contribution in [3.63, 3.8) is 0 Å². The van der Waals surface area contributed by atoms with E-state index in [1.807, 2.05) is 25.1 Å². The number of aryl methyl sites for hydroxylation is 1. The Morgan fingerprint density at radius 3 is 2.61 bits per heavy atom. The number of benzene rings is 2. The number of nitrogens with zero attached hydrogens (tertiary/aromatic N) is 1. The molecule has 6 heteroatoms. The zero-order valence-electron chi connectivity index (χ0n) is 15.4. The SMILES string of the molecule is Cc1cccc(NC(=O)c2ccnc(C(=O)NCCc3ccccc3F)c2)c1. The zero-order chi connectivity index (χ0) is 19.9. The minimum Gasteiger partial charge on any atom is -0.350 e. The van der Waals surface area contributed by atoms with Gasteiger partial charge in [0.1, 0.15) is 11.5 Å². The van der Waals surface area contributed by atoms with Gasteiger partial charge in [-0.25, -0.2) is 4.39 Å². The molecular weight excluding hydrogens is 357 g/mol. The summed E-state index contributed by atoms with van der Waals surface area (Å²) in [5, 5.41) is 5.49. The summed E-state index contributed by atoms with van der Waals surface area (Å²) < 4.78 is 13.6. The number of anilines is 1. The van der Waals surface area contributed by atoms with Crippen LogP contribution in [0.15, 0.2) is 66.9 Å². The molecule has 0 saturated carbocycles. The summed E-state index contributed by atoms with van der Waals surface area (Å²) in [7, 11) is 0. The molecule has 3 aromatic rings. The third-order valence-corrected chi connectivity index (χ3v) is 4.17. The lowest BCUT2D eigenvalue weighted by Crippen LogP contribution is -2.27. The Morgan fingerprint density at radius 2 is 1.82 bits per heavy atom. The van der Waals surface area contributed by atoms with Gasteiger partial charge in [-0.3, -0.25) is 14.6 Å². The lowest BCUT2D eigenvalue weighted by atomic mass is 10.1. The van der Waals surface area contributed by atoms with Gasteiger partial charge >= 0.3 is 0 Å². The summed E-state index contributed by atoms with van der Waals surface area (Å²) in [5.74, 6) is -1.04. The molecule has 0 spiro atoms. The molecule has 142 valence electrons. The summed E-state index contributed by atoms with van der Waals surface area (Å²) in [4.78, 5) is 28.7. The van der Waals surface area contributed by atoms with E-state index in [-0.39, 0.29) is 24.0 Å². The van der Waals surface area contributed by atoms with Gasteiger partial charge in [-0.2, -0.15) is 0 Å². The number of aromatic nitrogens is 1. The molecule has 3 rings (SSSR count). The molecule has 28 heavy (non-hydrogen) atoms. The molecule has 0 bridgehead atoms. The van der Waals surface area contributed by atoms with Gasteiger partial charge in [-0.15, -0.1) is 0 Å². The van der Waals surface area contributed by atoms with Crippen LogP contribution in [0.4, 0.5) is 10.1 Å². The van der Waals surface area contributed by atoms with Crippen LogP contribution in [0.2, 0.25) is 0 Å². The molecule has 0 unspecified atom stereocenters. The van der Waals surface area contributed by atoms with Gasteiger partial charge in [0.25, 0.3) is 11.8 Å². The quantitative estimate of drug-likeness (QED) is 0.687. The first kappa shape index (κ1) is 19.2. The number of pyridine rings is 1. The minimum absolute atomic E-state index is 0.130. The summed E-state index contributed by atoms with van der Waals surface area (Å²) in [5.41, 5.74) is 2.70. The highest BCUT2D eigenvalue weighted by atomic mass is 19.1. The fourth-order valence-corrected chi connectivity index (χ4v) is 2.72. The number of hydrogen-bond donors (Lipinski definition) is 2. The molecule has 0 aliphatic heterocycles. The fraction of sp³-hybridized carbons (Fsp3) is 0.136. The first-order valence-corrected chi connectivity index (χ1v) is 8.88. The minimum atomic E-state index is -0.415. The van der Waals surface area contributed by atoms with Crippen LogP contribution in [-0.4, -0.2) is 23.3 Å². The van der Waals surface area contributed by atoms with Crippen LogP contribution in [-0.2, 0) is 6.42 Å². The maximum Gasteiger partial charge on any atom is 0.269 e. The summed E-state index contributed by atoms with van der Waals surface area (Å²) in [6.07, 6.45) is 1.78. The number of rotatable bonds is 6. The second-order valence-electron chi connectivity index (χ2n) is 6.35. The van der Waals surface area contributed by atoms with Gasteiger partial charge < -0.3 is 10.6 Å². The van der Waals surface area contributed by atoms with Crippen molar-refractivity contribution in [1.29, 1.82) is 0 Å². The van der Waals surface area contributed by atoms with E-state index < -0.39 is 5.91 Å². The van der Waals surface area contributed by atoms with E-state index in [1.165, 1.54) is 18.3 Å². The predicted octanol–water partition coefficient (Wildman–Crippen LogP) is 3.75. The Hall–Kier alpha value is -3.54. The molecule has 1 heterocycles. The van der Waals surface area contributed by atoms with Gasteiger partial charge in [-0.05, 0) is 54.8 Å². The van der Waals surface area contributed by atoms with E-state index >= 15 is 0 Å². The molecule has 2 amide bonds. The van der Waals surface area contributed by atoms with Crippen molar-refractivity contribution in [2.75, 3.05) is 11.9 Å². The van der Waals surface area contributed by atoms with Crippen LogP contribution in [0.25, 0.3) is 0 Å². The van der Waals surface area contributed by atoms with Crippen LogP contribution in [0.5, 0.6) is 0 Å². The van der Waals surface area contributed by atoms with E-state index in [1.54, 1.807) is 30.3 Å².